The Morgan fingerprint density at radius 3 is 2.84 bits per heavy atom. The van der Waals surface area contributed by atoms with Crippen LogP contribution in [-0.2, 0) is 17.4 Å². The van der Waals surface area contributed by atoms with Gasteiger partial charge >= 0.3 is 6.18 Å². The van der Waals surface area contributed by atoms with Crippen LogP contribution in [0.2, 0.25) is 10.2 Å². The number of hydrogen-bond acceptors (Lipinski definition) is 3. The van der Waals surface area contributed by atoms with E-state index in [-0.39, 0.29) is 23.7 Å². The third-order valence-corrected chi connectivity index (χ3v) is 4.37. The average Bonchev–Trinajstić information content (AvgIpc) is 2.90. The molecule has 0 fully saturated rings. The highest BCUT2D eigenvalue weighted by Crippen LogP contribution is 2.37. The van der Waals surface area contributed by atoms with E-state index in [1.165, 1.54) is 18.3 Å². The van der Waals surface area contributed by atoms with Gasteiger partial charge in [-0.3, -0.25) is 4.79 Å². The Hall–Kier alpha value is -1.99. The molecule has 1 aliphatic heterocycles. The molecule has 0 saturated heterocycles. The number of fused-ring (bicyclic) bond motifs is 1. The van der Waals surface area contributed by atoms with Crippen molar-refractivity contribution < 1.29 is 22.7 Å². The number of carbonyl (C=O) groups is 1. The number of carbonyl (C=O) groups excluding carboxylic acids is 1. The molecular formula is C16H11Cl2F3N2O2. The fraction of sp³-hybridized carbons (Fsp3) is 0.250. The minimum atomic E-state index is -4.58. The standard InChI is InChI=1S/C16H11Cl2F3N2O2/c17-13-5-9-11(7-25-12(9)6-22-13)23-14(24)4-8-2-1-3-10(15(8)18)16(19,20)21/h1-3,5-6,11H,4,7H2,(H,23,24). The van der Waals surface area contributed by atoms with Crippen LogP contribution < -0.4 is 10.1 Å². The van der Waals surface area contributed by atoms with Gasteiger partial charge < -0.3 is 10.1 Å². The molecule has 2 aromatic rings. The van der Waals surface area contributed by atoms with Crippen molar-refractivity contribution in [1.29, 1.82) is 0 Å². The average molecular weight is 391 g/mol. The Kier molecular flexibility index (Phi) is 4.79. The SMILES string of the molecule is O=C(Cc1cccc(C(F)(F)F)c1Cl)NC1COc2cnc(Cl)cc21. The number of alkyl halides is 3. The molecule has 4 nitrogen and oxygen atoms in total. The first kappa shape index (κ1) is 17.8. The highest BCUT2D eigenvalue weighted by molar-refractivity contribution is 6.32. The minimum Gasteiger partial charge on any atom is -0.489 e. The number of hydrogen-bond donors (Lipinski definition) is 1. The molecule has 0 spiro atoms. The summed E-state index contributed by atoms with van der Waals surface area (Å²) < 4.78 is 44.0. The summed E-state index contributed by atoms with van der Waals surface area (Å²) in [5.41, 5.74) is -0.198. The fourth-order valence-corrected chi connectivity index (χ4v) is 3.03. The van der Waals surface area contributed by atoms with Crippen LogP contribution in [0.25, 0.3) is 0 Å². The van der Waals surface area contributed by atoms with Crippen molar-refractivity contribution in [2.45, 2.75) is 18.6 Å². The summed E-state index contributed by atoms with van der Waals surface area (Å²) in [6.45, 7) is 0.194. The number of benzene rings is 1. The molecule has 0 radical (unpaired) electrons. The Balaban J connectivity index is 1.74. The van der Waals surface area contributed by atoms with E-state index >= 15 is 0 Å². The predicted molar refractivity (Wildman–Crippen MR) is 85.8 cm³/mol. The van der Waals surface area contributed by atoms with E-state index in [9.17, 15) is 18.0 Å². The van der Waals surface area contributed by atoms with Crippen molar-refractivity contribution in [3.05, 3.63) is 57.3 Å². The van der Waals surface area contributed by atoms with Crippen LogP contribution in [0, 0.1) is 0 Å². The van der Waals surface area contributed by atoms with E-state index in [0.29, 0.717) is 11.3 Å². The van der Waals surface area contributed by atoms with Crippen molar-refractivity contribution in [1.82, 2.24) is 10.3 Å². The summed E-state index contributed by atoms with van der Waals surface area (Å²) in [4.78, 5) is 16.1. The van der Waals surface area contributed by atoms with Crippen LogP contribution in [0.3, 0.4) is 0 Å². The number of aromatic nitrogens is 1. The van der Waals surface area contributed by atoms with Gasteiger partial charge in [0.2, 0.25) is 5.91 Å². The quantitative estimate of drug-likeness (QED) is 0.799. The summed E-state index contributed by atoms with van der Waals surface area (Å²) in [6.07, 6.45) is -3.41. The summed E-state index contributed by atoms with van der Waals surface area (Å²) in [7, 11) is 0. The van der Waals surface area contributed by atoms with E-state index in [1.807, 2.05) is 0 Å². The van der Waals surface area contributed by atoms with Crippen LogP contribution in [0.1, 0.15) is 22.7 Å². The Labute approximate surface area is 150 Å². The number of rotatable bonds is 3. The lowest BCUT2D eigenvalue weighted by molar-refractivity contribution is -0.137. The molecule has 25 heavy (non-hydrogen) atoms. The van der Waals surface area contributed by atoms with E-state index in [1.54, 1.807) is 6.07 Å². The maximum Gasteiger partial charge on any atom is 0.417 e. The molecule has 0 aliphatic carbocycles. The molecule has 0 saturated carbocycles. The van der Waals surface area contributed by atoms with E-state index < -0.39 is 28.7 Å². The number of nitrogens with one attached hydrogen (secondary N) is 1. The molecule has 2 heterocycles. The van der Waals surface area contributed by atoms with Crippen LogP contribution in [0.15, 0.2) is 30.5 Å². The third-order valence-electron chi connectivity index (χ3n) is 3.72. The van der Waals surface area contributed by atoms with Crippen LogP contribution >= 0.6 is 23.2 Å². The Morgan fingerprint density at radius 1 is 1.36 bits per heavy atom. The molecule has 0 bridgehead atoms. The second-order valence-electron chi connectivity index (χ2n) is 5.43. The summed E-state index contributed by atoms with van der Waals surface area (Å²) in [5, 5.41) is 2.49. The topological polar surface area (TPSA) is 51.2 Å². The number of halogens is 5. The van der Waals surface area contributed by atoms with Gasteiger partial charge in [0, 0.05) is 5.56 Å². The molecular weight excluding hydrogens is 380 g/mol. The molecule has 1 aromatic carbocycles. The molecule has 1 unspecified atom stereocenters. The molecule has 9 heteroatoms. The molecule has 1 N–H and O–H groups in total. The number of pyridine rings is 1. The summed E-state index contributed by atoms with van der Waals surface area (Å²) in [6, 6.07) is 4.60. The summed E-state index contributed by atoms with van der Waals surface area (Å²) in [5.74, 6) is 0.0300. The molecule has 132 valence electrons. The predicted octanol–water partition coefficient (Wildman–Crippen LogP) is 4.20. The minimum absolute atomic E-state index is 0.0980. The highest BCUT2D eigenvalue weighted by atomic mass is 35.5. The van der Waals surface area contributed by atoms with Gasteiger partial charge in [0.25, 0.3) is 0 Å². The molecule has 1 atom stereocenters. The van der Waals surface area contributed by atoms with Crippen molar-refractivity contribution in [3.8, 4) is 5.75 Å². The number of nitrogens with zero attached hydrogens (tertiary/aromatic N) is 1. The first-order chi connectivity index (χ1) is 11.8. The van der Waals surface area contributed by atoms with E-state index in [0.717, 1.165) is 6.07 Å². The van der Waals surface area contributed by atoms with Gasteiger partial charge in [0.05, 0.1) is 29.2 Å². The number of amides is 1. The lowest BCUT2D eigenvalue weighted by atomic mass is 10.1. The molecule has 1 aliphatic rings. The Morgan fingerprint density at radius 2 is 2.12 bits per heavy atom. The van der Waals surface area contributed by atoms with Gasteiger partial charge in [0.15, 0.2) is 0 Å². The lowest BCUT2D eigenvalue weighted by Gasteiger charge is -2.14. The number of ether oxygens (including phenoxy) is 1. The van der Waals surface area contributed by atoms with Gasteiger partial charge in [-0.2, -0.15) is 13.2 Å². The van der Waals surface area contributed by atoms with Gasteiger partial charge in [-0.05, 0) is 17.7 Å². The van der Waals surface area contributed by atoms with Gasteiger partial charge in [-0.25, -0.2) is 4.98 Å². The second kappa shape index (κ2) is 6.72. The van der Waals surface area contributed by atoms with Gasteiger partial charge in [-0.15, -0.1) is 0 Å². The molecule has 3 rings (SSSR count). The fourth-order valence-electron chi connectivity index (χ4n) is 2.56. The first-order valence-corrected chi connectivity index (χ1v) is 7.93. The normalized spacial score (nSPS) is 16.3. The van der Waals surface area contributed by atoms with Crippen LogP contribution in [0.4, 0.5) is 13.2 Å². The van der Waals surface area contributed by atoms with E-state index in [4.69, 9.17) is 27.9 Å². The smallest absolute Gasteiger partial charge is 0.417 e. The van der Waals surface area contributed by atoms with Crippen molar-refractivity contribution in [2.75, 3.05) is 6.61 Å². The monoisotopic (exact) mass is 390 g/mol. The van der Waals surface area contributed by atoms with Gasteiger partial charge in [-0.1, -0.05) is 35.3 Å². The third kappa shape index (κ3) is 3.82. The van der Waals surface area contributed by atoms with Crippen LogP contribution in [0.5, 0.6) is 5.75 Å². The lowest BCUT2D eigenvalue weighted by Crippen LogP contribution is -2.30. The highest BCUT2D eigenvalue weighted by Gasteiger charge is 2.34. The first-order valence-electron chi connectivity index (χ1n) is 7.18. The second-order valence-corrected chi connectivity index (χ2v) is 6.19. The zero-order valence-electron chi connectivity index (χ0n) is 12.5. The Bertz CT molecular complexity index is 828. The van der Waals surface area contributed by atoms with Gasteiger partial charge in [0.1, 0.15) is 17.5 Å². The van der Waals surface area contributed by atoms with Crippen LogP contribution in [-0.4, -0.2) is 17.5 Å². The van der Waals surface area contributed by atoms with E-state index in [2.05, 4.69) is 10.3 Å². The summed E-state index contributed by atoms with van der Waals surface area (Å²) >= 11 is 11.6. The molecule has 1 aromatic heterocycles. The van der Waals surface area contributed by atoms with Crippen molar-refractivity contribution in [3.63, 3.8) is 0 Å². The zero-order valence-corrected chi connectivity index (χ0v) is 14.0. The molecule has 1 amide bonds. The van der Waals surface area contributed by atoms with Crippen molar-refractivity contribution >= 4 is 29.1 Å². The zero-order chi connectivity index (χ0) is 18.2. The largest absolute Gasteiger partial charge is 0.489 e. The van der Waals surface area contributed by atoms with Crippen molar-refractivity contribution in [2.24, 2.45) is 0 Å². The maximum atomic E-state index is 12.9. The maximum absolute atomic E-state index is 12.9.